The quantitative estimate of drug-likeness (QED) is 0.427. The molecule has 0 saturated carbocycles. The molecule has 0 radical (unpaired) electrons. The molecule has 3 aromatic carbocycles. The van der Waals surface area contributed by atoms with Gasteiger partial charge in [-0.1, -0.05) is 94.8 Å². The number of hydrogen-bond acceptors (Lipinski definition) is 1. The van der Waals surface area contributed by atoms with Crippen LogP contribution in [0, 0.1) is 11.2 Å². The van der Waals surface area contributed by atoms with Crippen molar-refractivity contribution in [1.82, 2.24) is 0 Å². The average Bonchev–Trinajstić information content (AvgIpc) is 2.68. The van der Waals surface area contributed by atoms with E-state index in [1.807, 2.05) is 57.2 Å². The monoisotopic (exact) mass is 374 g/mol. The number of Topliss-reactive ketones (excluding diaryl/α,β-unsaturated/α-hetero) is 1. The van der Waals surface area contributed by atoms with Crippen molar-refractivity contribution in [3.05, 3.63) is 83.7 Å². The van der Waals surface area contributed by atoms with E-state index in [0.29, 0.717) is 11.1 Å². The molecule has 0 saturated heterocycles. The van der Waals surface area contributed by atoms with Crippen LogP contribution in [0.15, 0.2) is 66.7 Å². The van der Waals surface area contributed by atoms with Crippen molar-refractivity contribution >= 4 is 5.78 Å². The Labute approximate surface area is 167 Å². The van der Waals surface area contributed by atoms with Crippen LogP contribution in [0.4, 0.5) is 4.39 Å². The SMILES string of the molecule is CCCc1ccc(-c2ccc(-c3ccc(C(=O)C(C)(C)C)cc3)c(F)c2)cc1. The molecule has 28 heavy (non-hydrogen) atoms. The van der Waals surface area contributed by atoms with E-state index in [-0.39, 0.29) is 11.6 Å². The Morgan fingerprint density at radius 2 is 1.39 bits per heavy atom. The number of benzene rings is 3. The maximum Gasteiger partial charge on any atom is 0.168 e. The summed E-state index contributed by atoms with van der Waals surface area (Å²) >= 11 is 0. The van der Waals surface area contributed by atoms with Crippen molar-refractivity contribution in [2.75, 3.05) is 0 Å². The minimum absolute atomic E-state index is 0.0846. The highest BCUT2D eigenvalue weighted by Crippen LogP contribution is 2.29. The predicted molar refractivity (Wildman–Crippen MR) is 115 cm³/mol. The molecule has 0 aliphatic rings. The van der Waals surface area contributed by atoms with Gasteiger partial charge in [-0.15, -0.1) is 0 Å². The minimum Gasteiger partial charge on any atom is -0.294 e. The zero-order chi connectivity index (χ0) is 20.3. The van der Waals surface area contributed by atoms with Gasteiger partial charge in [0.25, 0.3) is 0 Å². The fraction of sp³-hybridized carbons (Fsp3) is 0.269. The summed E-state index contributed by atoms with van der Waals surface area (Å²) < 4.78 is 14.8. The topological polar surface area (TPSA) is 17.1 Å². The molecule has 0 aliphatic heterocycles. The lowest BCUT2D eigenvalue weighted by Crippen LogP contribution is -2.19. The molecule has 3 aromatic rings. The molecular weight excluding hydrogens is 347 g/mol. The number of carbonyl (C=O) groups excluding carboxylic acids is 1. The van der Waals surface area contributed by atoms with Gasteiger partial charge in [0.05, 0.1) is 0 Å². The van der Waals surface area contributed by atoms with Crippen LogP contribution in [0.1, 0.15) is 50.0 Å². The molecule has 0 aromatic heterocycles. The number of carbonyl (C=O) groups is 1. The highest BCUT2D eigenvalue weighted by molar-refractivity contribution is 6.00. The number of aryl methyl sites for hydroxylation is 1. The number of halogens is 1. The van der Waals surface area contributed by atoms with Crippen LogP contribution in [0.2, 0.25) is 0 Å². The molecular formula is C26H27FO. The Bertz CT molecular complexity index is 961. The first-order valence-electron chi connectivity index (χ1n) is 9.83. The third-order valence-electron chi connectivity index (χ3n) is 4.93. The molecule has 0 aliphatic carbocycles. The summed E-state index contributed by atoms with van der Waals surface area (Å²) in [6, 6.07) is 20.8. The van der Waals surface area contributed by atoms with Crippen LogP contribution < -0.4 is 0 Å². The largest absolute Gasteiger partial charge is 0.294 e. The summed E-state index contributed by atoms with van der Waals surface area (Å²) in [5.41, 5.74) is 4.71. The van der Waals surface area contributed by atoms with Gasteiger partial charge in [-0.25, -0.2) is 4.39 Å². The summed E-state index contributed by atoms with van der Waals surface area (Å²) in [5, 5.41) is 0. The Balaban J connectivity index is 1.85. The Morgan fingerprint density at radius 3 is 1.93 bits per heavy atom. The van der Waals surface area contributed by atoms with E-state index >= 15 is 0 Å². The van der Waals surface area contributed by atoms with Gasteiger partial charge in [-0.2, -0.15) is 0 Å². The first kappa shape index (κ1) is 20.0. The summed E-state index contributed by atoms with van der Waals surface area (Å²) in [7, 11) is 0. The highest BCUT2D eigenvalue weighted by Gasteiger charge is 2.22. The lowest BCUT2D eigenvalue weighted by atomic mass is 9.86. The first-order chi connectivity index (χ1) is 13.3. The second-order valence-corrected chi connectivity index (χ2v) is 8.30. The van der Waals surface area contributed by atoms with E-state index in [0.717, 1.165) is 29.5 Å². The molecule has 2 heteroatoms. The number of hydrogen-bond donors (Lipinski definition) is 0. The van der Waals surface area contributed by atoms with Gasteiger partial charge in [0.15, 0.2) is 5.78 Å². The molecule has 0 spiro atoms. The normalized spacial score (nSPS) is 11.5. The van der Waals surface area contributed by atoms with Crippen LogP contribution in [0.25, 0.3) is 22.3 Å². The number of ketones is 1. The summed E-state index contributed by atoms with van der Waals surface area (Å²) in [6.07, 6.45) is 2.17. The van der Waals surface area contributed by atoms with E-state index in [4.69, 9.17) is 0 Å². The minimum atomic E-state index is -0.429. The van der Waals surface area contributed by atoms with Gasteiger partial charge in [0.1, 0.15) is 5.82 Å². The van der Waals surface area contributed by atoms with Crippen LogP contribution in [0.3, 0.4) is 0 Å². The Morgan fingerprint density at radius 1 is 0.821 bits per heavy atom. The standard InChI is InChI=1S/C26H27FO/c1-5-6-18-7-9-19(10-8-18)22-15-16-23(24(27)17-22)20-11-13-21(14-12-20)25(28)26(2,3)4/h7-17H,5-6H2,1-4H3. The summed E-state index contributed by atoms with van der Waals surface area (Å²) in [4.78, 5) is 12.4. The van der Waals surface area contributed by atoms with Crippen molar-refractivity contribution in [1.29, 1.82) is 0 Å². The third-order valence-corrected chi connectivity index (χ3v) is 4.93. The Kier molecular flexibility index (Phi) is 5.79. The summed E-state index contributed by atoms with van der Waals surface area (Å²) in [6.45, 7) is 7.86. The molecule has 144 valence electrons. The van der Waals surface area contributed by atoms with E-state index in [9.17, 15) is 9.18 Å². The third kappa shape index (κ3) is 4.39. The van der Waals surface area contributed by atoms with Gasteiger partial charge in [-0.3, -0.25) is 4.79 Å². The molecule has 0 atom stereocenters. The summed E-state index contributed by atoms with van der Waals surface area (Å²) in [5.74, 6) is -0.175. The fourth-order valence-corrected chi connectivity index (χ4v) is 3.32. The Hall–Kier alpha value is -2.74. The van der Waals surface area contributed by atoms with Crippen molar-refractivity contribution < 1.29 is 9.18 Å². The lowest BCUT2D eigenvalue weighted by Gasteiger charge is -2.16. The van der Waals surface area contributed by atoms with Crippen LogP contribution in [-0.2, 0) is 6.42 Å². The lowest BCUT2D eigenvalue weighted by molar-refractivity contribution is 0.0858. The fourth-order valence-electron chi connectivity index (χ4n) is 3.32. The number of rotatable bonds is 5. The predicted octanol–water partition coefficient (Wildman–Crippen LogP) is 7.34. The molecule has 0 N–H and O–H groups in total. The highest BCUT2D eigenvalue weighted by atomic mass is 19.1. The van der Waals surface area contributed by atoms with Gasteiger partial charge in [-0.05, 0) is 34.7 Å². The van der Waals surface area contributed by atoms with Crippen LogP contribution >= 0.6 is 0 Å². The van der Waals surface area contributed by atoms with Gasteiger partial charge in [0, 0.05) is 16.5 Å². The second-order valence-electron chi connectivity index (χ2n) is 8.30. The second kappa shape index (κ2) is 8.10. The van der Waals surface area contributed by atoms with Crippen molar-refractivity contribution in [3.8, 4) is 22.3 Å². The zero-order valence-electron chi connectivity index (χ0n) is 17.1. The maximum atomic E-state index is 14.8. The van der Waals surface area contributed by atoms with Crippen LogP contribution in [0.5, 0.6) is 0 Å². The first-order valence-corrected chi connectivity index (χ1v) is 9.83. The van der Waals surface area contributed by atoms with Crippen molar-refractivity contribution in [3.63, 3.8) is 0 Å². The molecule has 0 heterocycles. The molecule has 0 fully saturated rings. The molecule has 1 nitrogen and oxygen atoms in total. The van der Waals surface area contributed by atoms with E-state index in [1.165, 1.54) is 5.56 Å². The van der Waals surface area contributed by atoms with Gasteiger partial charge < -0.3 is 0 Å². The van der Waals surface area contributed by atoms with E-state index < -0.39 is 5.41 Å². The molecule has 0 unspecified atom stereocenters. The van der Waals surface area contributed by atoms with E-state index in [2.05, 4.69) is 19.1 Å². The van der Waals surface area contributed by atoms with Crippen molar-refractivity contribution in [2.24, 2.45) is 5.41 Å². The van der Waals surface area contributed by atoms with Gasteiger partial charge in [0.2, 0.25) is 0 Å². The maximum absolute atomic E-state index is 14.8. The smallest absolute Gasteiger partial charge is 0.168 e. The van der Waals surface area contributed by atoms with Gasteiger partial charge >= 0.3 is 0 Å². The molecule has 0 bridgehead atoms. The molecule has 0 amide bonds. The van der Waals surface area contributed by atoms with Crippen LogP contribution in [-0.4, -0.2) is 5.78 Å². The zero-order valence-corrected chi connectivity index (χ0v) is 17.1. The average molecular weight is 374 g/mol. The van der Waals surface area contributed by atoms with E-state index in [1.54, 1.807) is 18.2 Å². The molecule has 3 rings (SSSR count). The van der Waals surface area contributed by atoms with Crippen molar-refractivity contribution in [2.45, 2.75) is 40.5 Å².